The van der Waals surface area contributed by atoms with Gasteiger partial charge in [0.2, 0.25) is 0 Å². The first-order chi connectivity index (χ1) is 11.9. The third kappa shape index (κ3) is 4.38. The molecule has 0 unspecified atom stereocenters. The van der Waals surface area contributed by atoms with Gasteiger partial charge in [-0.2, -0.15) is 0 Å². The molecule has 0 amide bonds. The summed E-state index contributed by atoms with van der Waals surface area (Å²) in [5, 5.41) is 5.53. The fraction of sp³-hybridized carbons (Fsp3) is 0.320. The van der Waals surface area contributed by atoms with Crippen molar-refractivity contribution in [3.05, 3.63) is 71.3 Å². The fourth-order valence-electron chi connectivity index (χ4n) is 4.11. The third-order valence-corrected chi connectivity index (χ3v) is 5.51. The first kappa shape index (κ1) is 25.3. The number of halogens is 2. The number of hydrogen-bond donors (Lipinski definition) is 0. The van der Waals surface area contributed by atoms with E-state index in [-0.39, 0.29) is 56.4 Å². The van der Waals surface area contributed by atoms with E-state index >= 15 is 0 Å². The zero-order valence-electron chi connectivity index (χ0n) is 17.2. The summed E-state index contributed by atoms with van der Waals surface area (Å²) in [6, 6.07) is 15.8. The van der Waals surface area contributed by atoms with E-state index in [1.165, 1.54) is 43.8 Å². The minimum atomic E-state index is 0. The zero-order chi connectivity index (χ0) is 17.8. The summed E-state index contributed by atoms with van der Waals surface area (Å²) in [7, 11) is 0. The maximum atomic E-state index is 2.44. The van der Waals surface area contributed by atoms with Gasteiger partial charge in [-0.3, -0.25) is 0 Å². The van der Waals surface area contributed by atoms with Crippen molar-refractivity contribution in [2.24, 2.45) is 5.41 Å². The molecule has 1 aliphatic carbocycles. The molecule has 145 valence electrons. The van der Waals surface area contributed by atoms with Gasteiger partial charge < -0.3 is 24.8 Å². The van der Waals surface area contributed by atoms with E-state index in [9.17, 15) is 0 Å². The molecule has 1 radical (unpaired) electrons. The van der Waals surface area contributed by atoms with Crippen LogP contribution >= 0.6 is 0 Å². The Morgan fingerprint density at radius 1 is 0.929 bits per heavy atom. The van der Waals surface area contributed by atoms with E-state index < -0.39 is 0 Å². The van der Waals surface area contributed by atoms with Gasteiger partial charge >= 0.3 is 26.2 Å². The van der Waals surface area contributed by atoms with Gasteiger partial charge in [-0.25, -0.2) is 0 Å². The Kier molecular flexibility index (Phi) is 8.47. The maximum absolute atomic E-state index is 2.44. The summed E-state index contributed by atoms with van der Waals surface area (Å²) in [4.78, 5) is 0. The van der Waals surface area contributed by atoms with Gasteiger partial charge in [-0.1, -0.05) is 93.8 Å². The van der Waals surface area contributed by atoms with Gasteiger partial charge in [0.1, 0.15) is 0 Å². The second kappa shape index (κ2) is 9.38. The molecule has 0 spiro atoms. The van der Waals surface area contributed by atoms with Crippen LogP contribution in [0, 0.1) is 5.41 Å². The molecule has 0 saturated heterocycles. The molecule has 0 saturated carbocycles. The van der Waals surface area contributed by atoms with Crippen LogP contribution in [-0.2, 0) is 26.2 Å². The molecule has 1 aliphatic rings. The molecule has 3 aromatic carbocycles. The van der Waals surface area contributed by atoms with Crippen LogP contribution < -0.4 is 24.8 Å². The Balaban J connectivity index is 0.00000131. The molecule has 0 nitrogen and oxygen atoms in total. The van der Waals surface area contributed by atoms with Crippen molar-refractivity contribution in [1.29, 1.82) is 0 Å². The summed E-state index contributed by atoms with van der Waals surface area (Å²) in [5.74, 6) is 0.525. The van der Waals surface area contributed by atoms with E-state index in [1.807, 2.05) is 0 Å². The van der Waals surface area contributed by atoms with Crippen LogP contribution in [0.2, 0.25) is 0 Å². The van der Waals surface area contributed by atoms with Crippen LogP contribution in [0.1, 0.15) is 58.1 Å². The third-order valence-electron chi connectivity index (χ3n) is 5.51. The number of hydrogen-bond acceptors (Lipinski definition) is 0. The largest absolute Gasteiger partial charge is 3.00 e. The summed E-state index contributed by atoms with van der Waals surface area (Å²) in [6.07, 6.45) is 5.91. The Morgan fingerprint density at radius 2 is 1.61 bits per heavy atom. The monoisotopic (exact) mass is 487 g/mol. The van der Waals surface area contributed by atoms with Crippen molar-refractivity contribution in [2.75, 3.05) is 0 Å². The van der Waals surface area contributed by atoms with E-state index in [0.717, 1.165) is 6.42 Å². The molecule has 3 heteroatoms. The molecular weight excluding hydrogens is 462 g/mol. The van der Waals surface area contributed by atoms with Gasteiger partial charge in [0.15, 0.2) is 0 Å². The van der Waals surface area contributed by atoms with Crippen LogP contribution in [0.15, 0.2) is 60.2 Å². The van der Waals surface area contributed by atoms with Crippen molar-refractivity contribution in [1.82, 2.24) is 0 Å². The summed E-state index contributed by atoms with van der Waals surface area (Å²) in [6.45, 7) is 11.5. The number of rotatable bonds is 2. The molecule has 0 aliphatic heterocycles. The average Bonchev–Trinajstić information content (AvgIpc) is 3.18. The maximum Gasteiger partial charge on any atom is 3.00 e. The Bertz CT molecular complexity index is 1030. The average molecular weight is 490 g/mol. The quantitative estimate of drug-likeness (QED) is 0.480. The summed E-state index contributed by atoms with van der Waals surface area (Å²) in [5.41, 5.74) is 6.10. The van der Waals surface area contributed by atoms with Crippen LogP contribution in [0.3, 0.4) is 0 Å². The first-order valence-corrected chi connectivity index (χ1v) is 9.39. The second-order valence-corrected chi connectivity index (χ2v) is 8.66. The molecule has 0 heterocycles. The van der Waals surface area contributed by atoms with E-state index in [2.05, 4.69) is 89.2 Å². The van der Waals surface area contributed by atoms with Gasteiger partial charge in [-0.15, -0.1) is 33.7 Å². The molecule has 0 bridgehead atoms. The number of allylic oxidation sites excluding steroid dienone is 4. The van der Waals surface area contributed by atoms with Gasteiger partial charge in [0.05, 0.1) is 0 Å². The normalized spacial score (nSPS) is 13.6. The molecule has 0 fully saturated rings. The van der Waals surface area contributed by atoms with Gasteiger partial charge in [0.25, 0.3) is 0 Å². The molecule has 3 aromatic rings. The van der Waals surface area contributed by atoms with E-state index in [4.69, 9.17) is 0 Å². The Labute approximate surface area is 200 Å². The number of fused-ring (bicyclic) bond motifs is 3. The van der Waals surface area contributed by atoms with Gasteiger partial charge in [0, 0.05) is 0 Å². The predicted molar refractivity (Wildman–Crippen MR) is 111 cm³/mol. The Morgan fingerprint density at radius 3 is 2.21 bits per heavy atom. The summed E-state index contributed by atoms with van der Waals surface area (Å²) < 4.78 is 0. The topological polar surface area (TPSA) is 0 Å². The Hall–Kier alpha value is -0.747. The molecule has 0 aromatic heterocycles. The van der Waals surface area contributed by atoms with Crippen LogP contribution in [0.4, 0.5) is 0 Å². The van der Waals surface area contributed by atoms with Crippen molar-refractivity contribution in [3.63, 3.8) is 0 Å². The standard InChI is InChI=1S/C25H27.2ClH.Zr/c1-16(2)20-12-13-22-21-9-7-6-8-17(21)15-23(22)24(20)18-10-11-19(14-18)25(3,4)5;;;/h6-9,11-16H,10H2,1-5H3;2*1H;/q-1;;;+3/p-2. The van der Waals surface area contributed by atoms with E-state index in [0.29, 0.717) is 5.92 Å². The first-order valence-electron chi connectivity index (χ1n) is 9.39. The smallest absolute Gasteiger partial charge is 1.00 e. The molecule has 0 N–H and O–H groups in total. The zero-order valence-corrected chi connectivity index (χ0v) is 21.2. The van der Waals surface area contributed by atoms with Crippen LogP contribution in [0.25, 0.3) is 27.1 Å². The second-order valence-electron chi connectivity index (χ2n) is 8.66. The fourth-order valence-corrected chi connectivity index (χ4v) is 4.11. The SMILES string of the molecule is CC(C)c1ccc2c([cH-]c3ccccc32)c1C1=CC(C(C)(C)C)=CC1.[Cl-].[Cl-].[Zr+3]. The van der Waals surface area contributed by atoms with Gasteiger partial charge in [-0.05, 0) is 23.3 Å². The minimum Gasteiger partial charge on any atom is -1.00 e. The minimum absolute atomic E-state index is 0. The predicted octanol–water partition coefficient (Wildman–Crippen LogP) is 1.60. The number of benzene rings is 2. The van der Waals surface area contributed by atoms with Crippen molar-refractivity contribution in [3.8, 4) is 0 Å². The molecule has 0 atom stereocenters. The summed E-state index contributed by atoms with van der Waals surface area (Å²) >= 11 is 0. The van der Waals surface area contributed by atoms with Crippen LogP contribution in [-0.4, -0.2) is 0 Å². The molecule has 4 rings (SSSR count). The van der Waals surface area contributed by atoms with Crippen molar-refractivity contribution < 1.29 is 51.0 Å². The van der Waals surface area contributed by atoms with Crippen molar-refractivity contribution >= 4 is 27.1 Å². The molecular formula is C25H27Cl2Zr. The van der Waals surface area contributed by atoms with Crippen molar-refractivity contribution in [2.45, 2.75) is 47.0 Å². The van der Waals surface area contributed by atoms with Crippen LogP contribution in [0.5, 0.6) is 0 Å². The molecule has 28 heavy (non-hydrogen) atoms. The van der Waals surface area contributed by atoms with E-state index in [1.54, 1.807) is 0 Å².